The molecule has 2 aromatic heterocycles. The van der Waals surface area contributed by atoms with Gasteiger partial charge in [0.2, 0.25) is 11.8 Å². The molecular weight excluding hydrogens is 306 g/mol. The molecule has 3 rings (SSSR count). The fourth-order valence-electron chi connectivity index (χ4n) is 2.96. The lowest BCUT2D eigenvalue weighted by Gasteiger charge is -2.33. The first kappa shape index (κ1) is 16.2. The highest BCUT2D eigenvalue weighted by Gasteiger charge is 2.34. The number of amides is 2. The standard InChI is InChI=1S/C17H21N5O2/c1-3-14(17(24)19-11-13-6-4-5-8-18-13)22-15-10-12(2)20-21(15)9-7-16(22)23/h4-6,8,10,14H,3,7,9,11H2,1-2H3,(H,19,24)/t14-/m1/s1. The van der Waals surface area contributed by atoms with Crippen LogP contribution in [0.4, 0.5) is 5.82 Å². The number of hydrogen-bond acceptors (Lipinski definition) is 4. The predicted octanol–water partition coefficient (Wildman–Crippen LogP) is 1.42. The highest BCUT2D eigenvalue weighted by Crippen LogP contribution is 2.26. The molecule has 1 aliphatic heterocycles. The first-order valence-electron chi connectivity index (χ1n) is 8.14. The fourth-order valence-corrected chi connectivity index (χ4v) is 2.96. The van der Waals surface area contributed by atoms with E-state index in [1.165, 1.54) is 0 Å². The van der Waals surface area contributed by atoms with E-state index in [0.29, 0.717) is 31.7 Å². The molecule has 0 saturated heterocycles. The van der Waals surface area contributed by atoms with E-state index in [1.54, 1.807) is 15.8 Å². The van der Waals surface area contributed by atoms with Crippen molar-refractivity contribution in [3.05, 3.63) is 41.9 Å². The van der Waals surface area contributed by atoms with Crippen molar-refractivity contribution in [1.29, 1.82) is 0 Å². The third kappa shape index (κ3) is 3.15. The first-order valence-corrected chi connectivity index (χ1v) is 8.14. The molecule has 0 unspecified atom stereocenters. The Labute approximate surface area is 140 Å². The van der Waals surface area contributed by atoms with E-state index < -0.39 is 6.04 Å². The number of pyridine rings is 1. The number of anilines is 1. The minimum absolute atomic E-state index is 0.0396. The summed E-state index contributed by atoms with van der Waals surface area (Å²) >= 11 is 0. The Kier molecular flexibility index (Phi) is 4.59. The molecule has 2 aromatic rings. The Bertz CT molecular complexity index is 741. The largest absolute Gasteiger partial charge is 0.349 e. The summed E-state index contributed by atoms with van der Waals surface area (Å²) in [6.45, 7) is 4.69. The highest BCUT2D eigenvalue weighted by atomic mass is 16.2. The van der Waals surface area contributed by atoms with Crippen LogP contribution in [0, 0.1) is 6.92 Å². The van der Waals surface area contributed by atoms with Crippen LogP contribution >= 0.6 is 0 Å². The Morgan fingerprint density at radius 3 is 2.96 bits per heavy atom. The topological polar surface area (TPSA) is 80.1 Å². The Balaban J connectivity index is 1.77. The zero-order valence-corrected chi connectivity index (χ0v) is 13.9. The molecule has 0 bridgehead atoms. The van der Waals surface area contributed by atoms with Crippen molar-refractivity contribution < 1.29 is 9.59 Å². The molecule has 0 fully saturated rings. The number of rotatable bonds is 5. The van der Waals surface area contributed by atoms with E-state index in [-0.39, 0.29) is 11.8 Å². The van der Waals surface area contributed by atoms with Crippen LogP contribution in [-0.4, -0.2) is 32.6 Å². The lowest BCUT2D eigenvalue weighted by Crippen LogP contribution is -2.52. The van der Waals surface area contributed by atoms with Crippen LogP contribution in [0.15, 0.2) is 30.5 Å². The molecule has 0 spiro atoms. The zero-order valence-electron chi connectivity index (χ0n) is 13.9. The van der Waals surface area contributed by atoms with Crippen LogP contribution in [0.3, 0.4) is 0 Å². The van der Waals surface area contributed by atoms with Gasteiger partial charge in [-0.2, -0.15) is 5.10 Å². The Morgan fingerprint density at radius 1 is 1.42 bits per heavy atom. The number of carbonyl (C=O) groups excluding carboxylic acids is 2. The van der Waals surface area contributed by atoms with Crippen molar-refractivity contribution in [3.8, 4) is 0 Å². The van der Waals surface area contributed by atoms with Crippen LogP contribution in [0.5, 0.6) is 0 Å². The van der Waals surface area contributed by atoms with Gasteiger partial charge in [0.25, 0.3) is 0 Å². The quantitative estimate of drug-likeness (QED) is 0.900. The van der Waals surface area contributed by atoms with Crippen molar-refractivity contribution in [1.82, 2.24) is 20.1 Å². The third-order valence-electron chi connectivity index (χ3n) is 4.10. The van der Waals surface area contributed by atoms with E-state index in [0.717, 1.165) is 11.4 Å². The molecule has 1 N–H and O–H groups in total. The number of fused-ring (bicyclic) bond motifs is 1. The minimum Gasteiger partial charge on any atom is -0.349 e. The van der Waals surface area contributed by atoms with Gasteiger partial charge in [-0.05, 0) is 25.5 Å². The predicted molar refractivity (Wildman–Crippen MR) is 89.2 cm³/mol. The van der Waals surface area contributed by atoms with E-state index in [4.69, 9.17) is 0 Å². The van der Waals surface area contributed by atoms with Gasteiger partial charge in [0.05, 0.1) is 24.5 Å². The van der Waals surface area contributed by atoms with Crippen LogP contribution in [0.2, 0.25) is 0 Å². The second-order valence-corrected chi connectivity index (χ2v) is 5.84. The van der Waals surface area contributed by atoms with E-state index in [9.17, 15) is 9.59 Å². The summed E-state index contributed by atoms with van der Waals surface area (Å²) in [6.07, 6.45) is 2.58. The first-order chi connectivity index (χ1) is 11.6. The molecule has 24 heavy (non-hydrogen) atoms. The minimum atomic E-state index is -0.545. The Hall–Kier alpha value is -2.70. The van der Waals surface area contributed by atoms with Crippen molar-refractivity contribution in [2.75, 3.05) is 4.90 Å². The molecule has 1 atom stereocenters. The van der Waals surface area contributed by atoms with Gasteiger partial charge >= 0.3 is 0 Å². The van der Waals surface area contributed by atoms with Crippen LogP contribution in [0.1, 0.15) is 31.2 Å². The monoisotopic (exact) mass is 327 g/mol. The van der Waals surface area contributed by atoms with Crippen LogP contribution in [-0.2, 0) is 22.7 Å². The van der Waals surface area contributed by atoms with E-state index >= 15 is 0 Å². The summed E-state index contributed by atoms with van der Waals surface area (Å²) in [6, 6.07) is 6.87. The second-order valence-electron chi connectivity index (χ2n) is 5.84. The summed E-state index contributed by atoms with van der Waals surface area (Å²) in [4.78, 5) is 30.9. The number of carbonyl (C=O) groups is 2. The summed E-state index contributed by atoms with van der Waals surface area (Å²) in [5.41, 5.74) is 1.63. The maximum absolute atomic E-state index is 12.6. The molecule has 7 heteroatoms. The lowest BCUT2D eigenvalue weighted by molar-refractivity contribution is -0.127. The van der Waals surface area contributed by atoms with Gasteiger partial charge in [-0.15, -0.1) is 0 Å². The maximum atomic E-state index is 12.6. The van der Waals surface area contributed by atoms with Gasteiger partial charge in [0.15, 0.2) is 0 Å². The lowest BCUT2D eigenvalue weighted by atomic mass is 10.1. The number of hydrogen-bond donors (Lipinski definition) is 1. The number of nitrogens with one attached hydrogen (secondary N) is 1. The molecule has 0 radical (unpaired) electrons. The second kappa shape index (κ2) is 6.82. The zero-order chi connectivity index (χ0) is 17.1. The Morgan fingerprint density at radius 2 is 2.25 bits per heavy atom. The van der Waals surface area contributed by atoms with Gasteiger partial charge < -0.3 is 5.32 Å². The smallest absolute Gasteiger partial charge is 0.243 e. The van der Waals surface area contributed by atoms with Gasteiger partial charge in [0, 0.05) is 18.7 Å². The van der Waals surface area contributed by atoms with Gasteiger partial charge in [-0.1, -0.05) is 13.0 Å². The highest BCUT2D eigenvalue weighted by molar-refractivity contribution is 6.00. The van der Waals surface area contributed by atoms with Gasteiger partial charge in [0.1, 0.15) is 11.9 Å². The molecule has 0 aromatic carbocycles. The number of aryl methyl sites for hydroxylation is 2. The van der Waals surface area contributed by atoms with Crippen molar-refractivity contribution >= 4 is 17.6 Å². The summed E-state index contributed by atoms with van der Waals surface area (Å²) < 4.78 is 1.80. The molecule has 3 heterocycles. The SMILES string of the molecule is CC[C@H](C(=O)NCc1ccccn1)N1C(=O)CCn2nc(C)cc21. The fraction of sp³-hybridized carbons (Fsp3) is 0.412. The average molecular weight is 327 g/mol. The van der Waals surface area contributed by atoms with Crippen LogP contribution < -0.4 is 10.2 Å². The normalized spacial score (nSPS) is 15.1. The number of aromatic nitrogens is 3. The van der Waals surface area contributed by atoms with Crippen molar-refractivity contribution in [2.45, 2.75) is 45.8 Å². The van der Waals surface area contributed by atoms with Gasteiger partial charge in [-0.3, -0.25) is 19.5 Å². The van der Waals surface area contributed by atoms with E-state index in [1.807, 2.05) is 38.1 Å². The van der Waals surface area contributed by atoms with Crippen molar-refractivity contribution in [2.24, 2.45) is 0 Å². The summed E-state index contributed by atoms with van der Waals surface area (Å²) in [7, 11) is 0. The summed E-state index contributed by atoms with van der Waals surface area (Å²) in [5.74, 6) is 0.481. The van der Waals surface area contributed by atoms with Gasteiger partial charge in [-0.25, -0.2) is 4.68 Å². The molecule has 1 aliphatic rings. The molecule has 0 aliphatic carbocycles. The molecule has 2 amide bonds. The van der Waals surface area contributed by atoms with E-state index in [2.05, 4.69) is 15.4 Å². The molecular formula is C17H21N5O2. The molecule has 126 valence electrons. The van der Waals surface area contributed by atoms with Crippen LogP contribution in [0.25, 0.3) is 0 Å². The average Bonchev–Trinajstić information content (AvgIpc) is 2.97. The van der Waals surface area contributed by atoms with Crippen molar-refractivity contribution in [3.63, 3.8) is 0 Å². The molecule has 0 saturated carbocycles. The maximum Gasteiger partial charge on any atom is 0.243 e. The summed E-state index contributed by atoms with van der Waals surface area (Å²) in [5, 5.41) is 7.27. The molecule has 7 nitrogen and oxygen atoms in total. The number of nitrogens with zero attached hydrogens (tertiary/aromatic N) is 4. The third-order valence-corrected chi connectivity index (χ3v) is 4.10.